The van der Waals surface area contributed by atoms with Crippen molar-refractivity contribution in [2.75, 3.05) is 7.05 Å². The van der Waals surface area contributed by atoms with Crippen molar-refractivity contribution in [1.82, 2.24) is 5.32 Å². The average molecular weight is 274 g/mol. The van der Waals surface area contributed by atoms with Crippen LogP contribution in [0.3, 0.4) is 0 Å². The molecule has 0 aliphatic rings. The topological polar surface area (TPSA) is 68.3 Å². The van der Waals surface area contributed by atoms with E-state index in [2.05, 4.69) is 5.32 Å². The summed E-state index contributed by atoms with van der Waals surface area (Å²) in [5, 5.41) is 14.2. The minimum Gasteiger partial charge on any atom is -0.469 e. The maximum Gasteiger partial charge on any atom is 0.272 e. The van der Waals surface area contributed by atoms with Gasteiger partial charge in [0.2, 0.25) is 0 Å². The largest absolute Gasteiger partial charge is 0.469 e. The number of rotatable bonds is 7. The molecule has 5 heteroatoms. The standard InChI is InChI=1S/C15H18N2O3/c1-16-13(8-9-14-6-4-10-20-14)11-12-5-2-3-7-15(12)17(18)19/h2-7,10,13,16H,8-9,11H2,1H3. The zero-order valence-electron chi connectivity index (χ0n) is 11.4. The molecule has 0 radical (unpaired) electrons. The summed E-state index contributed by atoms with van der Waals surface area (Å²) >= 11 is 0. The first-order chi connectivity index (χ1) is 9.70. The lowest BCUT2D eigenvalue weighted by molar-refractivity contribution is -0.385. The van der Waals surface area contributed by atoms with Crippen LogP contribution in [0.25, 0.3) is 0 Å². The van der Waals surface area contributed by atoms with Crippen LogP contribution in [0.5, 0.6) is 0 Å². The average Bonchev–Trinajstić information content (AvgIpc) is 2.97. The summed E-state index contributed by atoms with van der Waals surface area (Å²) in [5.41, 5.74) is 0.946. The second-order valence-corrected chi connectivity index (χ2v) is 4.69. The third kappa shape index (κ3) is 3.68. The first kappa shape index (κ1) is 14.3. The van der Waals surface area contributed by atoms with E-state index in [4.69, 9.17) is 4.42 Å². The predicted molar refractivity (Wildman–Crippen MR) is 76.7 cm³/mol. The molecule has 1 aromatic heterocycles. The van der Waals surface area contributed by atoms with Crippen LogP contribution in [0, 0.1) is 10.1 Å². The van der Waals surface area contributed by atoms with Crippen LogP contribution in [0.4, 0.5) is 5.69 Å². The van der Waals surface area contributed by atoms with Crippen LogP contribution in [-0.4, -0.2) is 18.0 Å². The van der Waals surface area contributed by atoms with E-state index in [9.17, 15) is 10.1 Å². The number of benzene rings is 1. The van der Waals surface area contributed by atoms with Crippen molar-refractivity contribution in [2.45, 2.75) is 25.3 Å². The SMILES string of the molecule is CNC(CCc1ccco1)Cc1ccccc1[N+](=O)[O-]. The number of hydrogen-bond donors (Lipinski definition) is 1. The summed E-state index contributed by atoms with van der Waals surface area (Å²) in [6.07, 6.45) is 3.98. The molecule has 106 valence electrons. The lowest BCUT2D eigenvalue weighted by Crippen LogP contribution is -2.28. The fourth-order valence-electron chi connectivity index (χ4n) is 2.25. The van der Waals surface area contributed by atoms with Crippen molar-refractivity contribution in [3.8, 4) is 0 Å². The van der Waals surface area contributed by atoms with Crippen LogP contribution in [0.2, 0.25) is 0 Å². The Hall–Kier alpha value is -2.14. The quantitative estimate of drug-likeness (QED) is 0.622. The number of para-hydroxylation sites is 1. The monoisotopic (exact) mass is 274 g/mol. The van der Waals surface area contributed by atoms with Crippen LogP contribution in [0.1, 0.15) is 17.7 Å². The number of nitro groups is 1. The van der Waals surface area contributed by atoms with E-state index in [1.165, 1.54) is 0 Å². The zero-order chi connectivity index (χ0) is 14.4. The van der Waals surface area contributed by atoms with Crippen molar-refractivity contribution in [2.24, 2.45) is 0 Å². The minimum absolute atomic E-state index is 0.182. The molecule has 0 aliphatic heterocycles. The van der Waals surface area contributed by atoms with Gasteiger partial charge in [0.25, 0.3) is 5.69 Å². The Morgan fingerprint density at radius 3 is 2.75 bits per heavy atom. The van der Waals surface area contributed by atoms with Gasteiger partial charge in [0.1, 0.15) is 5.76 Å². The molecular weight excluding hydrogens is 256 g/mol. The molecule has 2 rings (SSSR count). The maximum atomic E-state index is 11.0. The van der Waals surface area contributed by atoms with Gasteiger partial charge in [-0.2, -0.15) is 0 Å². The lowest BCUT2D eigenvalue weighted by Gasteiger charge is -2.15. The van der Waals surface area contributed by atoms with Crippen LogP contribution in [-0.2, 0) is 12.8 Å². The molecule has 0 aliphatic carbocycles. The molecule has 0 fully saturated rings. The molecule has 0 spiro atoms. The summed E-state index contributed by atoms with van der Waals surface area (Å²) in [4.78, 5) is 10.7. The number of nitro benzene ring substituents is 1. The fourth-order valence-corrected chi connectivity index (χ4v) is 2.25. The summed E-state index contributed by atoms with van der Waals surface area (Å²) in [5.74, 6) is 0.938. The maximum absolute atomic E-state index is 11.0. The van der Waals surface area contributed by atoms with Crippen LogP contribution >= 0.6 is 0 Å². The van der Waals surface area contributed by atoms with Gasteiger partial charge in [-0.15, -0.1) is 0 Å². The summed E-state index contributed by atoms with van der Waals surface area (Å²) in [7, 11) is 1.88. The van der Waals surface area contributed by atoms with Crippen molar-refractivity contribution in [1.29, 1.82) is 0 Å². The van der Waals surface area contributed by atoms with Crippen molar-refractivity contribution < 1.29 is 9.34 Å². The normalized spacial score (nSPS) is 12.2. The Morgan fingerprint density at radius 1 is 1.30 bits per heavy atom. The van der Waals surface area contributed by atoms with Crippen LogP contribution < -0.4 is 5.32 Å². The highest BCUT2D eigenvalue weighted by Gasteiger charge is 2.16. The smallest absolute Gasteiger partial charge is 0.272 e. The molecule has 0 amide bonds. The van der Waals surface area contributed by atoms with Gasteiger partial charge in [-0.1, -0.05) is 18.2 Å². The first-order valence-corrected chi connectivity index (χ1v) is 6.62. The molecule has 0 saturated heterocycles. The minimum atomic E-state index is -0.325. The van der Waals surface area contributed by atoms with E-state index < -0.39 is 0 Å². The number of nitrogens with zero attached hydrogens (tertiary/aromatic N) is 1. The van der Waals surface area contributed by atoms with E-state index in [-0.39, 0.29) is 16.7 Å². The highest BCUT2D eigenvalue weighted by atomic mass is 16.6. The molecule has 1 aromatic carbocycles. The van der Waals surface area contributed by atoms with E-state index in [1.54, 1.807) is 18.4 Å². The van der Waals surface area contributed by atoms with Gasteiger partial charge in [-0.3, -0.25) is 10.1 Å². The first-order valence-electron chi connectivity index (χ1n) is 6.62. The van der Waals surface area contributed by atoms with Crippen LogP contribution in [0.15, 0.2) is 47.1 Å². The van der Waals surface area contributed by atoms with Gasteiger partial charge < -0.3 is 9.73 Å². The molecule has 2 aromatic rings. The highest BCUT2D eigenvalue weighted by Crippen LogP contribution is 2.20. The number of nitrogens with one attached hydrogen (secondary N) is 1. The summed E-state index contributed by atoms with van der Waals surface area (Å²) in [6.45, 7) is 0. The highest BCUT2D eigenvalue weighted by molar-refractivity contribution is 5.40. The molecule has 0 saturated carbocycles. The number of furan rings is 1. The molecule has 1 atom stereocenters. The number of aryl methyl sites for hydroxylation is 1. The summed E-state index contributed by atoms with van der Waals surface area (Å²) < 4.78 is 5.30. The van der Waals surface area contributed by atoms with Crippen molar-refractivity contribution in [3.63, 3.8) is 0 Å². The summed E-state index contributed by atoms with van der Waals surface area (Å²) in [6, 6.07) is 10.9. The Bertz CT molecular complexity index is 552. The molecule has 20 heavy (non-hydrogen) atoms. The van der Waals surface area contributed by atoms with Gasteiger partial charge in [0.05, 0.1) is 11.2 Å². The van der Waals surface area contributed by atoms with Gasteiger partial charge in [-0.05, 0) is 32.0 Å². The van der Waals surface area contributed by atoms with Gasteiger partial charge >= 0.3 is 0 Å². The third-order valence-corrected chi connectivity index (χ3v) is 3.38. The van der Waals surface area contributed by atoms with E-state index in [0.29, 0.717) is 6.42 Å². The Morgan fingerprint density at radius 2 is 2.10 bits per heavy atom. The molecule has 1 N–H and O–H groups in total. The zero-order valence-corrected chi connectivity index (χ0v) is 11.4. The third-order valence-electron chi connectivity index (χ3n) is 3.38. The Balaban J connectivity index is 2.01. The molecule has 1 unspecified atom stereocenters. The van der Waals surface area contributed by atoms with Gasteiger partial charge in [0.15, 0.2) is 0 Å². The lowest BCUT2D eigenvalue weighted by atomic mass is 10.00. The van der Waals surface area contributed by atoms with Gasteiger partial charge in [0, 0.05) is 24.1 Å². The second kappa shape index (κ2) is 6.86. The van der Waals surface area contributed by atoms with Crippen molar-refractivity contribution >= 4 is 5.69 Å². The van der Waals surface area contributed by atoms with Gasteiger partial charge in [-0.25, -0.2) is 0 Å². The van der Waals surface area contributed by atoms with E-state index in [1.807, 2.05) is 31.3 Å². The molecule has 1 heterocycles. The number of likely N-dealkylation sites (N-methyl/N-ethyl adjacent to an activating group) is 1. The molecule has 5 nitrogen and oxygen atoms in total. The molecular formula is C15H18N2O3. The van der Waals surface area contributed by atoms with E-state index >= 15 is 0 Å². The Labute approximate surface area is 117 Å². The number of hydrogen-bond acceptors (Lipinski definition) is 4. The second-order valence-electron chi connectivity index (χ2n) is 4.69. The molecule has 0 bridgehead atoms. The van der Waals surface area contributed by atoms with Crippen molar-refractivity contribution in [3.05, 3.63) is 64.1 Å². The predicted octanol–water partition coefficient (Wildman–Crippen LogP) is 2.95. The fraction of sp³-hybridized carbons (Fsp3) is 0.333. The van der Waals surface area contributed by atoms with E-state index in [0.717, 1.165) is 24.2 Å². The Kier molecular flexibility index (Phi) is 4.90.